The van der Waals surface area contributed by atoms with Gasteiger partial charge in [-0.1, -0.05) is 0 Å². The molecule has 2 fully saturated rings. The number of fused-ring (bicyclic) bond motifs is 3. The number of rotatable bonds is 2. The van der Waals surface area contributed by atoms with Crippen molar-refractivity contribution in [2.24, 2.45) is 5.92 Å². The first-order chi connectivity index (χ1) is 11.5. The molecule has 1 N–H and O–H groups in total. The lowest BCUT2D eigenvalue weighted by Crippen LogP contribution is -2.42. The van der Waals surface area contributed by atoms with E-state index in [0.29, 0.717) is 37.8 Å². The van der Waals surface area contributed by atoms with Gasteiger partial charge in [-0.15, -0.1) is 0 Å². The number of methoxy groups -OCH3 is 1. The predicted octanol–water partition coefficient (Wildman–Crippen LogP) is -0.000500. The highest BCUT2D eigenvalue weighted by atomic mass is 16.5. The van der Waals surface area contributed by atoms with Crippen LogP contribution < -0.4 is 10.2 Å². The minimum atomic E-state index is -0.527. The van der Waals surface area contributed by atoms with Crippen LogP contribution in [0.2, 0.25) is 0 Å². The molecule has 1 aromatic rings. The maximum Gasteiger partial charge on any atom is 0.339 e. The first kappa shape index (κ1) is 16.2. The zero-order valence-electron chi connectivity index (χ0n) is 13.5. The Bertz CT molecular complexity index is 728. The molecule has 2 atom stereocenters. The number of hydrogen-bond acceptors (Lipinski definition) is 7. The number of pyridine rings is 1. The zero-order chi connectivity index (χ0) is 17.3. The van der Waals surface area contributed by atoms with E-state index in [-0.39, 0.29) is 29.0 Å². The number of anilines is 1. The molecule has 0 spiro atoms. The van der Waals surface area contributed by atoms with E-state index in [9.17, 15) is 14.9 Å². The normalized spacial score (nSPS) is 23.0. The van der Waals surface area contributed by atoms with Gasteiger partial charge in [0.1, 0.15) is 11.9 Å². The molecule has 0 aromatic carbocycles. The van der Waals surface area contributed by atoms with E-state index in [4.69, 9.17) is 9.47 Å². The highest BCUT2D eigenvalue weighted by Crippen LogP contribution is 2.25. The Balaban J connectivity index is 2.00. The van der Waals surface area contributed by atoms with Gasteiger partial charge in [0.15, 0.2) is 0 Å². The van der Waals surface area contributed by atoms with Gasteiger partial charge in [0.2, 0.25) is 5.91 Å². The van der Waals surface area contributed by atoms with Gasteiger partial charge in [-0.2, -0.15) is 5.26 Å². The number of nitrogens with one attached hydrogen (secondary N) is 1. The van der Waals surface area contributed by atoms with Crippen LogP contribution in [0, 0.1) is 24.2 Å². The molecule has 8 nitrogen and oxygen atoms in total. The molecule has 0 saturated carbocycles. The van der Waals surface area contributed by atoms with Gasteiger partial charge >= 0.3 is 5.97 Å². The molecule has 126 valence electrons. The van der Waals surface area contributed by atoms with Crippen LogP contribution >= 0.6 is 0 Å². The number of nitriles is 1. The Hall–Kier alpha value is -2.66. The number of amides is 1. The van der Waals surface area contributed by atoms with Crippen molar-refractivity contribution in [2.75, 3.05) is 38.3 Å². The number of esters is 1. The quantitative estimate of drug-likeness (QED) is 0.761. The molecular formula is C16H18N4O4. The Morgan fingerprint density at radius 1 is 1.50 bits per heavy atom. The van der Waals surface area contributed by atoms with E-state index in [2.05, 4.69) is 16.4 Å². The molecule has 0 aliphatic carbocycles. The molecule has 0 unspecified atom stereocenters. The van der Waals surface area contributed by atoms with Crippen molar-refractivity contribution in [3.05, 3.63) is 22.9 Å². The van der Waals surface area contributed by atoms with E-state index < -0.39 is 5.97 Å². The van der Waals surface area contributed by atoms with Crippen molar-refractivity contribution < 1.29 is 19.1 Å². The first-order valence-electron chi connectivity index (χ1n) is 7.66. The molecule has 2 aliphatic heterocycles. The van der Waals surface area contributed by atoms with Crippen molar-refractivity contribution in [1.29, 1.82) is 5.26 Å². The zero-order valence-corrected chi connectivity index (χ0v) is 13.5. The topological polar surface area (TPSA) is 105 Å². The lowest BCUT2D eigenvalue weighted by atomic mass is 10.1. The molecule has 1 aromatic heterocycles. The third kappa shape index (κ3) is 2.90. The summed E-state index contributed by atoms with van der Waals surface area (Å²) < 4.78 is 10.2. The van der Waals surface area contributed by atoms with Crippen molar-refractivity contribution in [1.82, 2.24) is 10.3 Å². The van der Waals surface area contributed by atoms with E-state index in [1.807, 2.05) is 4.90 Å². The summed E-state index contributed by atoms with van der Waals surface area (Å²) in [7, 11) is 1.29. The van der Waals surface area contributed by atoms with Crippen LogP contribution in [-0.4, -0.2) is 56.3 Å². The molecule has 2 saturated heterocycles. The number of aromatic nitrogens is 1. The molecule has 0 radical (unpaired) electrons. The second-order valence-electron chi connectivity index (χ2n) is 5.94. The summed E-state index contributed by atoms with van der Waals surface area (Å²) in [5.41, 5.74) is 1.04. The van der Waals surface area contributed by atoms with Crippen LogP contribution in [0.5, 0.6) is 0 Å². The summed E-state index contributed by atoms with van der Waals surface area (Å²) in [6.07, 6.45) is 0. The van der Waals surface area contributed by atoms with Gasteiger partial charge in [0, 0.05) is 13.1 Å². The van der Waals surface area contributed by atoms with Gasteiger partial charge in [0.05, 0.1) is 49.1 Å². The lowest BCUT2D eigenvalue weighted by Gasteiger charge is -2.29. The Morgan fingerprint density at radius 3 is 3.00 bits per heavy atom. The predicted molar refractivity (Wildman–Crippen MR) is 83.5 cm³/mol. The fraction of sp³-hybridized carbons (Fsp3) is 0.500. The van der Waals surface area contributed by atoms with E-state index in [0.717, 1.165) is 0 Å². The number of aryl methyl sites for hydroxylation is 1. The second-order valence-corrected chi connectivity index (χ2v) is 5.94. The maximum absolute atomic E-state index is 12.1. The van der Waals surface area contributed by atoms with Gasteiger partial charge in [-0.3, -0.25) is 4.79 Å². The van der Waals surface area contributed by atoms with E-state index in [1.165, 1.54) is 13.2 Å². The average Bonchev–Trinajstić information content (AvgIpc) is 2.82. The van der Waals surface area contributed by atoms with Crippen LogP contribution in [0.4, 0.5) is 5.82 Å². The van der Waals surface area contributed by atoms with Crippen molar-refractivity contribution in [3.63, 3.8) is 0 Å². The smallest absolute Gasteiger partial charge is 0.339 e. The molecule has 8 heteroatoms. The Labute approximate surface area is 139 Å². The van der Waals surface area contributed by atoms with Crippen LogP contribution in [0.3, 0.4) is 0 Å². The van der Waals surface area contributed by atoms with Crippen molar-refractivity contribution >= 4 is 17.7 Å². The average molecular weight is 330 g/mol. The highest BCUT2D eigenvalue weighted by Gasteiger charge is 2.34. The third-order valence-corrected chi connectivity index (χ3v) is 4.26. The van der Waals surface area contributed by atoms with Gasteiger partial charge in [-0.25, -0.2) is 9.78 Å². The number of carbonyl (C=O) groups excluding carboxylic acids is 2. The number of ether oxygens (including phenoxy) is 2. The van der Waals surface area contributed by atoms with Gasteiger partial charge in [-0.05, 0) is 13.0 Å². The molecule has 2 bridgehead atoms. The number of carbonyl (C=O) groups is 2. The van der Waals surface area contributed by atoms with Crippen LogP contribution in [0.15, 0.2) is 6.07 Å². The standard InChI is InChI=1S/C16H18N4O4/c1-9-13(16(22)23-2)3-10(4-17)14(18-9)20-5-11-7-24-8-12(6-20)19-15(11)21/h3,11-12H,5-8H2,1-2H3,(H,19,21)/t11-,12+/m1/s1. The summed E-state index contributed by atoms with van der Waals surface area (Å²) >= 11 is 0. The van der Waals surface area contributed by atoms with E-state index in [1.54, 1.807) is 6.92 Å². The summed E-state index contributed by atoms with van der Waals surface area (Å²) in [6, 6.07) is 3.43. The van der Waals surface area contributed by atoms with Crippen molar-refractivity contribution in [2.45, 2.75) is 13.0 Å². The number of hydrogen-bond donors (Lipinski definition) is 1. The Morgan fingerprint density at radius 2 is 2.29 bits per heavy atom. The highest BCUT2D eigenvalue weighted by molar-refractivity contribution is 5.91. The minimum Gasteiger partial charge on any atom is -0.465 e. The molecule has 3 heterocycles. The Kier molecular flexibility index (Phi) is 4.36. The molecule has 24 heavy (non-hydrogen) atoms. The molecule has 2 aliphatic rings. The fourth-order valence-electron chi connectivity index (χ4n) is 3.03. The van der Waals surface area contributed by atoms with Crippen molar-refractivity contribution in [3.8, 4) is 6.07 Å². The first-order valence-corrected chi connectivity index (χ1v) is 7.66. The summed E-state index contributed by atoms with van der Waals surface area (Å²) in [5, 5.41) is 12.4. The molecule has 1 amide bonds. The van der Waals surface area contributed by atoms with Crippen LogP contribution in [0.25, 0.3) is 0 Å². The molecule has 3 rings (SSSR count). The third-order valence-electron chi connectivity index (χ3n) is 4.26. The summed E-state index contributed by atoms with van der Waals surface area (Å²) in [5.74, 6) is -0.398. The van der Waals surface area contributed by atoms with Gasteiger partial charge in [0.25, 0.3) is 0 Å². The second kappa shape index (κ2) is 6.45. The largest absolute Gasteiger partial charge is 0.465 e. The van der Waals surface area contributed by atoms with Gasteiger partial charge < -0.3 is 19.7 Å². The minimum absolute atomic E-state index is 0.0404. The SMILES string of the molecule is COC(=O)c1cc(C#N)c(N2C[C@H]3COC[C@@H](C2)C(=O)N3)nc1C. The number of nitrogens with zero attached hydrogens (tertiary/aromatic N) is 3. The van der Waals surface area contributed by atoms with E-state index >= 15 is 0 Å². The summed E-state index contributed by atoms with van der Waals surface area (Å²) in [6.45, 7) is 3.39. The molecular weight excluding hydrogens is 312 g/mol. The van der Waals surface area contributed by atoms with Crippen LogP contribution in [0.1, 0.15) is 21.6 Å². The fourth-order valence-corrected chi connectivity index (χ4v) is 3.03. The summed E-state index contributed by atoms with van der Waals surface area (Å²) in [4.78, 5) is 30.3. The van der Waals surface area contributed by atoms with Crippen LogP contribution in [-0.2, 0) is 14.3 Å². The maximum atomic E-state index is 12.1. The lowest BCUT2D eigenvalue weighted by molar-refractivity contribution is -0.124. The monoisotopic (exact) mass is 330 g/mol.